The van der Waals surface area contributed by atoms with E-state index in [9.17, 15) is 0 Å². The number of benzene rings is 1. The smallest absolute Gasteiger partial charge is 0.125 e. The van der Waals surface area contributed by atoms with E-state index in [1.165, 1.54) is 5.39 Å². The highest BCUT2D eigenvalue weighted by Crippen LogP contribution is 2.31. The Morgan fingerprint density at radius 2 is 2.00 bits per heavy atom. The Morgan fingerprint density at radius 3 is 2.82 bits per heavy atom. The van der Waals surface area contributed by atoms with Gasteiger partial charge in [-0.25, -0.2) is 4.98 Å². The standard InChI is InChI=1S/C13H11N3S/c14-10-5-3-7-15-13(10)17-12-8-9-4-1-2-6-11(9)16-12/h1-8,16H,14H2. The molecule has 0 aliphatic carbocycles. The second-order valence-corrected chi connectivity index (χ2v) is 4.75. The molecule has 2 heterocycles. The fraction of sp³-hybridized carbons (Fsp3) is 0. The Morgan fingerprint density at radius 1 is 1.12 bits per heavy atom. The average molecular weight is 241 g/mol. The Labute approximate surface area is 103 Å². The van der Waals surface area contributed by atoms with Gasteiger partial charge in [-0.1, -0.05) is 30.0 Å². The van der Waals surface area contributed by atoms with Crippen LogP contribution in [-0.2, 0) is 0 Å². The van der Waals surface area contributed by atoms with Gasteiger partial charge in [-0.05, 0) is 24.3 Å². The van der Waals surface area contributed by atoms with Gasteiger partial charge < -0.3 is 10.7 Å². The zero-order chi connectivity index (χ0) is 11.7. The number of aromatic nitrogens is 2. The Bertz CT molecular complexity index is 627. The van der Waals surface area contributed by atoms with E-state index in [-0.39, 0.29) is 0 Å². The molecule has 4 heteroatoms. The molecule has 0 radical (unpaired) electrons. The number of H-pyrrole nitrogens is 1. The summed E-state index contributed by atoms with van der Waals surface area (Å²) in [5.41, 5.74) is 7.70. The summed E-state index contributed by atoms with van der Waals surface area (Å²) in [6, 6.07) is 14.0. The first-order chi connectivity index (χ1) is 8.33. The first kappa shape index (κ1) is 10.2. The van der Waals surface area contributed by atoms with Crippen molar-refractivity contribution in [3.63, 3.8) is 0 Å². The van der Waals surface area contributed by atoms with Gasteiger partial charge >= 0.3 is 0 Å². The molecule has 0 saturated carbocycles. The second-order valence-electron chi connectivity index (χ2n) is 3.72. The third kappa shape index (κ3) is 1.99. The zero-order valence-electron chi connectivity index (χ0n) is 9.05. The van der Waals surface area contributed by atoms with Crippen LogP contribution in [0, 0.1) is 0 Å². The van der Waals surface area contributed by atoms with E-state index >= 15 is 0 Å². The van der Waals surface area contributed by atoms with Gasteiger partial charge in [-0.15, -0.1) is 0 Å². The molecule has 0 fully saturated rings. The summed E-state index contributed by atoms with van der Waals surface area (Å²) >= 11 is 1.55. The number of nitrogens with one attached hydrogen (secondary N) is 1. The van der Waals surface area contributed by atoms with Crippen LogP contribution in [0.1, 0.15) is 0 Å². The van der Waals surface area contributed by atoms with E-state index < -0.39 is 0 Å². The van der Waals surface area contributed by atoms with Gasteiger partial charge in [0.1, 0.15) is 5.03 Å². The van der Waals surface area contributed by atoms with E-state index in [1.807, 2.05) is 24.3 Å². The summed E-state index contributed by atoms with van der Waals surface area (Å²) < 4.78 is 0. The molecule has 17 heavy (non-hydrogen) atoms. The molecular weight excluding hydrogens is 230 g/mol. The van der Waals surface area contributed by atoms with Crippen molar-refractivity contribution in [3.8, 4) is 0 Å². The molecule has 84 valence electrons. The highest BCUT2D eigenvalue weighted by atomic mass is 32.2. The maximum Gasteiger partial charge on any atom is 0.125 e. The van der Waals surface area contributed by atoms with E-state index in [1.54, 1.807) is 18.0 Å². The van der Waals surface area contributed by atoms with Crippen LogP contribution in [0.2, 0.25) is 0 Å². The number of nitrogens with two attached hydrogens (primary N) is 1. The van der Waals surface area contributed by atoms with Crippen LogP contribution in [0.3, 0.4) is 0 Å². The van der Waals surface area contributed by atoms with Gasteiger partial charge in [0.2, 0.25) is 0 Å². The van der Waals surface area contributed by atoms with Crippen LogP contribution >= 0.6 is 11.8 Å². The number of para-hydroxylation sites is 1. The Hall–Kier alpha value is -1.94. The maximum absolute atomic E-state index is 5.87. The minimum absolute atomic E-state index is 0.705. The number of pyridine rings is 1. The summed E-state index contributed by atoms with van der Waals surface area (Å²) in [5, 5.41) is 3.08. The van der Waals surface area contributed by atoms with Crippen molar-refractivity contribution in [1.82, 2.24) is 9.97 Å². The molecule has 3 rings (SSSR count). The Kier molecular flexibility index (Phi) is 2.49. The number of nitrogen functional groups attached to an aromatic ring is 1. The zero-order valence-corrected chi connectivity index (χ0v) is 9.87. The predicted octanol–water partition coefficient (Wildman–Crippen LogP) is 3.30. The number of hydrogen-bond acceptors (Lipinski definition) is 3. The lowest BCUT2D eigenvalue weighted by atomic mass is 10.3. The number of hydrogen-bond donors (Lipinski definition) is 2. The minimum Gasteiger partial charge on any atom is -0.397 e. The molecular formula is C13H11N3S. The van der Waals surface area contributed by atoms with Gasteiger partial charge in [0, 0.05) is 17.1 Å². The normalized spacial score (nSPS) is 10.8. The minimum atomic E-state index is 0.705. The lowest BCUT2D eigenvalue weighted by Gasteiger charge is -2.00. The number of aromatic amines is 1. The van der Waals surface area contributed by atoms with Gasteiger partial charge in [0.25, 0.3) is 0 Å². The van der Waals surface area contributed by atoms with Crippen LogP contribution < -0.4 is 5.73 Å². The van der Waals surface area contributed by atoms with Crippen molar-refractivity contribution in [2.45, 2.75) is 10.1 Å². The third-order valence-electron chi connectivity index (χ3n) is 2.51. The summed E-state index contributed by atoms with van der Waals surface area (Å²) in [6.45, 7) is 0. The van der Waals surface area contributed by atoms with Gasteiger partial charge in [-0.3, -0.25) is 0 Å². The largest absolute Gasteiger partial charge is 0.397 e. The van der Waals surface area contributed by atoms with Crippen molar-refractivity contribution < 1.29 is 0 Å². The molecule has 0 amide bonds. The first-order valence-electron chi connectivity index (χ1n) is 5.29. The topological polar surface area (TPSA) is 54.7 Å². The molecule has 0 unspecified atom stereocenters. The van der Waals surface area contributed by atoms with Crippen molar-refractivity contribution in [1.29, 1.82) is 0 Å². The number of rotatable bonds is 2. The van der Waals surface area contributed by atoms with Crippen molar-refractivity contribution in [3.05, 3.63) is 48.7 Å². The lowest BCUT2D eigenvalue weighted by Crippen LogP contribution is -1.90. The first-order valence-corrected chi connectivity index (χ1v) is 6.11. The molecule has 3 N–H and O–H groups in total. The SMILES string of the molecule is Nc1cccnc1Sc1cc2ccccc2[nH]1. The highest BCUT2D eigenvalue weighted by molar-refractivity contribution is 7.99. The molecule has 0 aliphatic rings. The molecule has 3 nitrogen and oxygen atoms in total. The molecule has 3 aromatic rings. The van der Waals surface area contributed by atoms with Crippen molar-refractivity contribution in [2.75, 3.05) is 5.73 Å². The number of fused-ring (bicyclic) bond motifs is 1. The molecule has 1 aromatic carbocycles. The Balaban J connectivity index is 1.98. The van der Waals surface area contributed by atoms with E-state index in [0.29, 0.717) is 5.69 Å². The summed E-state index contributed by atoms with van der Waals surface area (Å²) in [5.74, 6) is 0. The van der Waals surface area contributed by atoms with Crippen molar-refractivity contribution >= 4 is 28.4 Å². The van der Waals surface area contributed by atoms with Crippen LogP contribution in [0.25, 0.3) is 10.9 Å². The maximum atomic E-state index is 5.87. The lowest BCUT2D eigenvalue weighted by molar-refractivity contribution is 1.13. The van der Waals surface area contributed by atoms with E-state index in [2.05, 4.69) is 28.2 Å². The predicted molar refractivity (Wildman–Crippen MR) is 71.1 cm³/mol. The monoisotopic (exact) mass is 241 g/mol. The fourth-order valence-electron chi connectivity index (χ4n) is 1.69. The summed E-state index contributed by atoms with van der Waals surface area (Å²) in [4.78, 5) is 7.60. The van der Waals surface area contributed by atoms with Gasteiger partial charge in [0.15, 0.2) is 0 Å². The third-order valence-corrected chi connectivity index (χ3v) is 3.49. The summed E-state index contributed by atoms with van der Waals surface area (Å²) in [6.07, 6.45) is 1.75. The van der Waals surface area contributed by atoms with E-state index in [0.717, 1.165) is 15.6 Å². The molecule has 0 bridgehead atoms. The van der Waals surface area contributed by atoms with Crippen LogP contribution in [0.15, 0.2) is 58.7 Å². The van der Waals surface area contributed by atoms with Crippen LogP contribution in [0.4, 0.5) is 5.69 Å². The molecule has 0 spiro atoms. The quantitative estimate of drug-likeness (QED) is 0.723. The molecule has 0 aliphatic heterocycles. The van der Waals surface area contributed by atoms with Crippen LogP contribution in [0.5, 0.6) is 0 Å². The fourth-order valence-corrected chi connectivity index (χ4v) is 2.55. The number of nitrogens with zero attached hydrogens (tertiary/aromatic N) is 1. The molecule has 0 saturated heterocycles. The molecule has 2 aromatic heterocycles. The highest BCUT2D eigenvalue weighted by Gasteiger charge is 2.05. The van der Waals surface area contributed by atoms with Crippen LogP contribution in [-0.4, -0.2) is 9.97 Å². The number of anilines is 1. The summed E-state index contributed by atoms with van der Waals surface area (Å²) in [7, 11) is 0. The van der Waals surface area contributed by atoms with Gasteiger partial charge in [0.05, 0.1) is 10.7 Å². The average Bonchev–Trinajstić information content (AvgIpc) is 2.74. The second kappa shape index (κ2) is 4.14. The van der Waals surface area contributed by atoms with E-state index in [4.69, 9.17) is 5.73 Å². The molecule has 0 atom stereocenters. The van der Waals surface area contributed by atoms with Crippen molar-refractivity contribution in [2.24, 2.45) is 0 Å². The van der Waals surface area contributed by atoms with Gasteiger partial charge in [-0.2, -0.15) is 0 Å².